The maximum absolute atomic E-state index is 14.0. The van der Waals surface area contributed by atoms with Crippen molar-refractivity contribution in [2.75, 3.05) is 23.0 Å². The molecule has 2 nitrogen and oxygen atoms in total. The summed E-state index contributed by atoms with van der Waals surface area (Å²) in [6.45, 7) is 3.62. The molecule has 0 aliphatic carbocycles. The van der Waals surface area contributed by atoms with Crippen LogP contribution >= 0.6 is 24.0 Å². The second-order valence-electron chi connectivity index (χ2n) is 4.92. The Labute approximate surface area is 140 Å². The highest BCUT2D eigenvalue weighted by molar-refractivity contribution is 14.0. The summed E-state index contributed by atoms with van der Waals surface area (Å²) in [6.07, 6.45) is 1.02. The standard InChI is InChI=1S/C16H16F2N2.HI/c1-2-9-19-11-20(16-6-4-3-5-15(16)19)14-8-7-12(17)10-13(14)18;/h3-8,10H,2,9,11H2,1H3;1H. The van der Waals surface area contributed by atoms with Crippen molar-refractivity contribution < 1.29 is 8.78 Å². The summed E-state index contributed by atoms with van der Waals surface area (Å²) >= 11 is 0. The molecule has 0 N–H and O–H groups in total. The molecule has 0 unspecified atom stereocenters. The van der Waals surface area contributed by atoms with Gasteiger partial charge in [0.2, 0.25) is 0 Å². The van der Waals surface area contributed by atoms with Gasteiger partial charge < -0.3 is 9.80 Å². The number of nitrogens with zero attached hydrogens (tertiary/aromatic N) is 2. The van der Waals surface area contributed by atoms with E-state index in [1.165, 1.54) is 12.1 Å². The Morgan fingerprint density at radius 3 is 2.38 bits per heavy atom. The first-order valence-corrected chi connectivity index (χ1v) is 6.77. The molecule has 2 aromatic rings. The topological polar surface area (TPSA) is 6.48 Å². The molecule has 0 saturated carbocycles. The number of benzene rings is 2. The monoisotopic (exact) mass is 402 g/mol. The smallest absolute Gasteiger partial charge is 0.149 e. The predicted molar refractivity (Wildman–Crippen MR) is 92.9 cm³/mol. The molecule has 0 fully saturated rings. The van der Waals surface area contributed by atoms with E-state index in [2.05, 4.69) is 11.8 Å². The van der Waals surface area contributed by atoms with Crippen molar-refractivity contribution in [2.24, 2.45) is 0 Å². The molecule has 1 heterocycles. The average Bonchev–Trinajstić information content (AvgIpc) is 2.79. The van der Waals surface area contributed by atoms with E-state index >= 15 is 0 Å². The SMILES string of the molecule is CCCN1CN(c2ccc(F)cc2F)c2ccccc21.I. The van der Waals surface area contributed by atoms with Gasteiger partial charge in [-0.05, 0) is 30.7 Å². The largest absolute Gasteiger partial charge is 0.352 e. The van der Waals surface area contributed by atoms with Crippen molar-refractivity contribution in [3.8, 4) is 0 Å². The molecule has 0 bridgehead atoms. The molecule has 0 saturated heterocycles. The highest BCUT2D eigenvalue weighted by atomic mass is 127. The Balaban J connectivity index is 0.00000161. The van der Waals surface area contributed by atoms with Crippen LogP contribution in [0.1, 0.15) is 13.3 Å². The summed E-state index contributed by atoms with van der Waals surface area (Å²) in [4.78, 5) is 4.10. The molecule has 0 aromatic heterocycles. The van der Waals surface area contributed by atoms with Crippen LogP contribution < -0.4 is 9.80 Å². The minimum atomic E-state index is -0.552. The van der Waals surface area contributed by atoms with Crippen molar-refractivity contribution in [3.05, 3.63) is 54.1 Å². The van der Waals surface area contributed by atoms with Crippen LogP contribution in [0.5, 0.6) is 0 Å². The van der Waals surface area contributed by atoms with Crippen molar-refractivity contribution in [1.29, 1.82) is 0 Å². The summed E-state index contributed by atoms with van der Waals surface area (Å²) in [5.74, 6) is -1.08. The van der Waals surface area contributed by atoms with Crippen LogP contribution in [0, 0.1) is 11.6 Å². The fourth-order valence-electron chi connectivity index (χ4n) is 2.65. The maximum atomic E-state index is 14.0. The fourth-order valence-corrected chi connectivity index (χ4v) is 2.65. The van der Waals surface area contributed by atoms with E-state index < -0.39 is 11.6 Å². The molecular formula is C16H17F2IN2. The molecule has 1 aliphatic heterocycles. The normalized spacial score (nSPS) is 13.1. The Bertz CT molecular complexity index is 633. The number of hydrogen-bond donors (Lipinski definition) is 0. The van der Waals surface area contributed by atoms with E-state index in [1.54, 1.807) is 0 Å². The van der Waals surface area contributed by atoms with E-state index in [0.29, 0.717) is 12.4 Å². The van der Waals surface area contributed by atoms with Gasteiger partial charge in [0.25, 0.3) is 0 Å². The first-order chi connectivity index (χ1) is 9.70. The molecule has 2 aromatic carbocycles. The minimum absolute atomic E-state index is 0. The summed E-state index contributed by atoms with van der Waals surface area (Å²) in [5, 5.41) is 0. The van der Waals surface area contributed by atoms with Crippen LogP contribution in [0.2, 0.25) is 0 Å². The van der Waals surface area contributed by atoms with Crippen molar-refractivity contribution >= 4 is 41.0 Å². The second kappa shape index (κ2) is 6.60. The summed E-state index contributed by atoms with van der Waals surface area (Å²) in [5.41, 5.74) is 2.47. The predicted octanol–water partition coefficient (Wildman–Crippen LogP) is 4.91. The highest BCUT2D eigenvalue weighted by Crippen LogP contribution is 2.41. The van der Waals surface area contributed by atoms with Crippen LogP contribution in [0.15, 0.2) is 42.5 Å². The lowest BCUT2D eigenvalue weighted by molar-refractivity contribution is 0.582. The van der Waals surface area contributed by atoms with Gasteiger partial charge in [-0.1, -0.05) is 19.1 Å². The third-order valence-corrected chi connectivity index (χ3v) is 3.52. The second-order valence-corrected chi connectivity index (χ2v) is 4.92. The fraction of sp³-hybridized carbons (Fsp3) is 0.250. The van der Waals surface area contributed by atoms with E-state index in [0.717, 1.165) is 30.4 Å². The molecule has 112 valence electrons. The lowest BCUT2D eigenvalue weighted by Crippen LogP contribution is -2.28. The Kier molecular flexibility index (Phi) is 5.03. The zero-order valence-corrected chi connectivity index (χ0v) is 14.1. The van der Waals surface area contributed by atoms with E-state index in [4.69, 9.17) is 0 Å². The summed E-state index contributed by atoms with van der Waals surface area (Å²) in [6, 6.07) is 11.6. The zero-order valence-electron chi connectivity index (χ0n) is 11.7. The average molecular weight is 402 g/mol. The van der Waals surface area contributed by atoms with E-state index in [-0.39, 0.29) is 24.0 Å². The van der Waals surface area contributed by atoms with Gasteiger partial charge in [0, 0.05) is 12.6 Å². The van der Waals surface area contributed by atoms with Crippen LogP contribution in [-0.2, 0) is 0 Å². The molecule has 0 amide bonds. The first-order valence-electron chi connectivity index (χ1n) is 6.77. The zero-order chi connectivity index (χ0) is 14.1. The Morgan fingerprint density at radius 1 is 1.00 bits per heavy atom. The molecule has 0 radical (unpaired) electrons. The molecule has 21 heavy (non-hydrogen) atoms. The third kappa shape index (κ3) is 2.97. The molecule has 3 rings (SSSR count). The van der Waals surface area contributed by atoms with Crippen LogP contribution in [0.4, 0.5) is 25.8 Å². The van der Waals surface area contributed by atoms with Crippen LogP contribution in [0.3, 0.4) is 0 Å². The minimum Gasteiger partial charge on any atom is -0.352 e. The van der Waals surface area contributed by atoms with Crippen LogP contribution in [0.25, 0.3) is 0 Å². The van der Waals surface area contributed by atoms with Gasteiger partial charge in [-0.15, -0.1) is 24.0 Å². The Morgan fingerprint density at radius 2 is 1.71 bits per heavy atom. The van der Waals surface area contributed by atoms with Crippen molar-refractivity contribution in [3.63, 3.8) is 0 Å². The first kappa shape index (κ1) is 16.0. The van der Waals surface area contributed by atoms with Gasteiger partial charge in [-0.25, -0.2) is 8.78 Å². The van der Waals surface area contributed by atoms with Gasteiger partial charge in [-0.2, -0.15) is 0 Å². The lowest BCUT2D eigenvalue weighted by Gasteiger charge is -2.21. The number of halogens is 3. The molecule has 5 heteroatoms. The number of fused-ring (bicyclic) bond motifs is 1. The quantitative estimate of drug-likeness (QED) is 0.674. The van der Waals surface area contributed by atoms with Crippen molar-refractivity contribution in [2.45, 2.75) is 13.3 Å². The highest BCUT2D eigenvalue weighted by Gasteiger charge is 2.27. The number of para-hydroxylation sites is 2. The third-order valence-electron chi connectivity index (χ3n) is 3.52. The lowest BCUT2D eigenvalue weighted by atomic mass is 10.2. The van der Waals surface area contributed by atoms with Gasteiger partial charge >= 0.3 is 0 Å². The van der Waals surface area contributed by atoms with Gasteiger partial charge in [-0.3, -0.25) is 0 Å². The molecule has 0 spiro atoms. The van der Waals surface area contributed by atoms with Crippen molar-refractivity contribution in [1.82, 2.24) is 0 Å². The van der Waals surface area contributed by atoms with E-state index in [1.807, 2.05) is 29.2 Å². The van der Waals surface area contributed by atoms with Gasteiger partial charge in [0.1, 0.15) is 11.6 Å². The van der Waals surface area contributed by atoms with E-state index in [9.17, 15) is 8.78 Å². The number of anilines is 3. The van der Waals surface area contributed by atoms with Crippen LogP contribution in [-0.4, -0.2) is 13.2 Å². The van der Waals surface area contributed by atoms with Gasteiger partial charge in [0.15, 0.2) is 0 Å². The maximum Gasteiger partial charge on any atom is 0.149 e. The Hall–Kier alpha value is -1.37. The molecule has 0 atom stereocenters. The summed E-state index contributed by atoms with van der Waals surface area (Å²) in [7, 11) is 0. The number of hydrogen-bond acceptors (Lipinski definition) is 2. The molecule has 1 aliphatic rings. The number of rotatable bonds is 3. The van der Waals surface area contributed by atoms with Gasteiger partial charge in [0.05, 0.1) is 23.7 Å². The molecular weight excluding hydrogens is 385 g/mol. The summed E-state index contributed by atoms with van der Waals surface area (Å²) < 4.78 is 27.1.